The van der Waals surface area contributed by atoms with Gasteiger partial charge < -0.3 is 10.5 Å². The van der Waals surface area contributed by atoms with Gasteiger partial charge in [0.2, 0.25) is 0 Å². The van der Waals surface area contributed by atoms with Crippen LogP contribution in [0.15, 0.2) is 23.6 Å². The molecule has 1 amide bonds. The maximum absolute atomic E-state index is 13.5. The quantitative estimate of drug-likeness (QED) is 0.909. The molecule has 0 radical (unpaired) electrons. The first kappa shape index (κ1) is 11.5. The Labute approximate surface area is 101 Å². The number of aromatic nitrogens is 1. The van der Waals surface area contributed by atoms with Gasteiger partial charge in [0, 0.05) is 10.9 Å². The summed E-state index contributed by atoms with van der Waals surface area (Å²) in [6.07, 6.45) is 0. The van der Waals surface area contributed by atoms with Crippen molar-refractivity contribution in [1.29, 1.82) is 0 Å². The van der Waals surface area contributed by atoms with E-state index in [1.54, 1.807) is 11.4 Å². The van der Waals surface area contributed by atoms with Crippen molar-refractivity contribution < 1.29 is 13.9 Å². The normalized spacial score (nSPS) is 10.2. The zero-order valence-corrected chi connectivity index (χ0v) is 9.75. The summed E-state index contributed by atoms with van der Waals surface area (Å²) in [5, 5.41) is 2.08. The predicted molar refractivity (Wildman–Crippen MR) is 62.6 cm³/mol. The van der Waals surface area contributed by atoms with Crippen LogP contribution in [0.25, 0.3) is 10.6 Å². The maximum atomic E-state index is 13.5. The molecule has 0 unspecified atom stereocenters. The fraction of sp³-hybridized carbons (Fsp3) is 0.0909. The summed E-state index contributed by atoms with van der Waals surface area (Å²) in [5.74, 6) is -0.900. The van der Waals surface area contributed by atoms with E-state index in [1.807, 2.05) is 0 Å². The molecular weight excluding hydrogens is 243 g/mol. The van der Waals surface area contributed by atoms with Crippen molar-refractivity contribution in [2.45, 2.75) is 0 Å². The van der Waals surface area contributed by atoms with Crippen LogP contribution >= 0.6 is 11.3 Å². The highest BCUT2D eigenvalue weighted by Gasteiger charge is 2.10. The largest absolute Gasteiger partial charge is 0.494 e. The van der Waals surface area contributed by atoms with Crippen molar-refractivity contribution in [3.8, 4) is 16.3 Å². The van der Waals surface area contributed by atoms with Crippen LogP contribution in [0.3, 0.4) is 0 Å². The van der Waals surface area contributed by atoms with Gasteiger partial charge in [-0.3, -0.25) is 4.79 Å². The number of benzene rings is 1. The van der Waals surface area contributed by atoms with E-state index < -0.39 is 11.7 Å². The van der Waals surface area contributed by atoms with Gasteiger partial charge in [-0.25, -0.2) is 9.37 Å². The van der Waals surface area contributed by atoms with Gasteiger partial charge in [-0.15, -0.1) is 11.3 Å². The number of ether oxygens (including phenoxy) is 1. The van der Waals surface area contributed by atoms with Crippen molar-refractivity contribution in [2.75, 3.05) is 7.11 Å². The van der Waals surface area contributed by atoms with Crippen molar-refractivity contribution in [1.82, 2.24) is 4.98 Å². The monoisotopic (exact) mass is 252 g/mol. The van der Waals surface area contributed by atoms with E-state index in [1.165, 1.54) is 30.6 Å². The van der Waals surface area contributed by atoms with Gasteiger partial charge in [0.05, 0.1) is 7.11 Å². The van der Waals surface area contributed by atoms with E-state index in [0.29, 0.717) is 10.6 Å². The first-order valence-electron chi connectivity index (χ1n) is 4.71. The lowest BCUT2D eigenvalue weighted by atomic mass is 10.2. The maximum Gasteiger partial charge on any atom is 0.268 e. The molecule has 1 aromatic carbocycles. The number of methoxy groups -OCH3 is 1. The molecule has 17 heavy (non-hydrogen) atoms. The van der Waals surface area contributed by atoms with Crippen molar-refractivity contribution >= 4 is 17.2 Å². The molecule has 0 saturated carbocycles. The molecule has 0 aliphatic heterocycles. The minimum Gasteiger partial charge on any atom is -0.494 e. The Bertz CT molecular complexity index is 568. The highest BCUT2D eigenvalue weighted by molar-refractivity contribution is 7.13. The number of carbonyl (C=O) groups excluding carboxylic acids is 1. The Balaban J connectivity index is 2.39. The van der Waals surface area contributed by atoms with Crippen LogP contribution in [0.4, 0.5) is 4.39 Å². The number of halogens is 1. The number of rotatable bonds is 3. The fourth-order valence-electron chi connectivity index (χ4n) is 1.32. The second kappa shape index (κ2) is 4.50. The molecule has 2 N–H and O–H groups in total. The molecule has 0 fully saturated rings. The molecule has 88 valence electrons. The second-order valence-electron chi connectivity index (χ2n) is 3.25. The van der Waals surface area contributed by atoms with Gasteiger partial charge in [0.1, 0.15) is 10.7 Å². The molecule has 0 saturated heterocycles. The minimum absolute atomic E-state index is 0.167. The summed E-state index contributed by atoms with van der Waals surface area (Å²) in [4.78, 5) is 14.9. The van der Waals surface area contributed by atoms with Crippen LogP contribution < -0.4 is 10.5 Å². The van der Waals surface area contributed by atoms with Gasteiger partial charge >= 0.3 is 0 Å². The molecule has 1 aromatic heterocycles. The molecule has 4 nitrogen and oxygen atoms in total. The third-order valence-corrected chi connectivity index (χ3v) is 3.05. The van der Waals surface area contributed by atoms with Crippen molar-refractivity contribution in [2.24, 2.45) is 5.73 Å². The summed E-state index contributed by atoms with van der Waals surface area (Å²) in [7, 11) is 1.40. The lowest BCUT2D eigenvalue weighted by Gasteiger charge is -2.02. The average molecular weight is 252 g/mol. The van der Waals surface area contributed by atoms with Gasteiger partial charge in [0.25, 0.3) is 5.91 Å². The highest BCUT2D eigenvalue weighted by Crippen LogP contribution is 2.27. The zero-order chi connectivity index (χ0) is 12.4. The van der Waals surface area contributed by atoms with E-state index in [0.717, 1.165) is 0 Å². The van der Waals surface area contributed by atoms with E-state index in [2.05, 4.69) is 4.98 Å². The molecule has 0 aliphatic rings. The molecule has 6 heteroatoms. The number of amides is 1. The number of nitrogens with two attached hydrogens (primary N) is 1. The summed E-state index contributed by atoms with van der Waals surface area (Å²) in [6.45, 7) is 0. The van der Waals surface area contributed by atoms with Crippen LogP contribution in [0.2, 0.25) is 0 Å². The molecule has 0 atom stereocenters. The molecule has 0 spiro atoms. The predicted octanol–water partition coefficient (Wildman–Crippen LogP) is 2.06. The number of thiazole rings is 1. The van der Waals surface area contributed by atoms with Gasteiger partial charge in [0.15, 0.2) is 11.6 Å². The SMILES string of the molecule is COc1ccc(-c2nc(C(N)=O)cs2)cc1F. The molecule has 1 heterocycles. The third-order valence-electron chi connectivity index (χ3n) is 2.16. The van der Waals surface area contributed by atoms with Crippen LogP contribution in [-0.4, -0.2) is 18.0 Å². The first-order chi connectivity index (χ1) is 8.11. The summed E-state index contributed by atoms with van der Waals surface area (Å²) < 4.78 is 18.3. The lowest BCUT2D eigenvalue weighted by Crippen LogP contribution is -2.10. The second-order valence-corrected chi connectivity index (χ2v) is 4.11. The molecule has 0 aliphatic carbocycles. The van der Waals surface area contributed by atoms with E-state index >= 15 is 0 Å². The van der Waals surface area contributed by atoms with Crippen LogP contribution in [0.5, 0.6) is 5.75 Å². The molecular formula is C11H9FN2O2S. The van der Waals surface area contributed by atoms with Crippen molar-refractivity contribution in [3.63, 3.8) is 0 Å². The Morgan fingerprint density at radius 3 is 2.82 bits per heavy atom. The topological polar surface area (TPSA) is 65.2 Å². The van der Waals surface area contributed by atoms with Crippen LogP contribution in [-0.2, 0) is 0 Å². The average Bonchev–Trinajstić information content (AvgIpc) is 2.78. The fourth-order valence-corrected chi connectivity index (χ4v) is 2.13. The highest BCUT2D eigenvalue weighted by atomic mass is 32.1. The number of hydrogen-bond donors (Lipinski definition) is 1. The third kappa shape index (κ3) is 2.26. The smallest absolute Gasteiger partial charge is 0.268 e. The van der Waals surface area contributed by atoms with Crippen LogP contribution in [0, 0.1) is 5.82 Å². The van der Waals surface area contributed by atoms with Gasteiger partial charge in [-0.2, -0.15) is 0 Å². The van der Waals surface area contributed by atoms with Crippen molar-refractivity contribution in [3.05, 3.63) is 35.1 Å². The summed E-state index contributed by atoms with van der Waals surface area (Å²) in [5.41, 5.74) is 5.86. The lowest BCUT2D eigenvalue weighted by molar-refractivity contribution is 0.0996. The number of hydrogen-bond acceptors (Lipinski definition) is 4. The van der Waals surface area contributed by atoms with Gasteiger partial charge in [-0.1, -0.05) is 0 Å². The Morgan fingerprint density at radius 1 is 1.53 bits per heavy atom. The number of nitrogens with zero attached hydrogens (tertiary/aromatic N) is 1. The number of carbonyl (C=O) groups is 1. The van der Waals surface area contributed by atoms with E-state index in [9.17, 15) is 9.18 Å². The van der Waals surface area contributed by atoms with Gasteiger partial charge in [-0.05, 0) is 18.2 Å². The zero-order valence-electron chi connectivity index (χ0n) is 8.94. The summed E-state index contributed by atoms with van der Waals surface area (Å²) in [6, 6.07) is 4.49. The molecule has 2 aromatic rings. The standard InChI is InChI=1S/C11H9FN2O2S/c1-16-9-3-2-6(4-7(9)12)11-14-8(5-17-11)10(13)15/h2-5H,1H3,(H2,13,15). The molecule has 2 rings (SSSR count). The summed E-state index contributed by atoms with van der Waals surface area (Å²) >= 11 is 1.23. The number of primary amides is 1. The van der Waals surface area contributed by atoms with E-state index in [-0.39, 0.29) is 11.4 Å². The minimum atomic E-state index is -0.596. The first-order valence-corrected chi connectivity index (χ1v) is 5.59. The Kier molecular flexibility index (Phi) is 3.06. The Morgan fingerprint density at radius 2 is 2.29 bits per heavy atom. The van der Waals surface area contributed by atoms with E-state index in [4.69, 9.17) is 10.5 Å². The molecule has 0 bridgehead atoms. The van der Waals surface area contributed by atoms with Crippen LogP contribution in [0.1, 0.15) is 10.5 Å². The Hall–Kier alpha value is -1.95.